The highest BCUT2D eigenvalue weighted by Gasteiger charge is 2.22. The zero-order valence-electron chi connectivity index (χ0n) is 16.3. The number of nitriles is 1. The van der Waals surface area contributed by atoms with Crippen LogP contribution in [0, 0.1) is 11.3 Å². The number of ether oxygens (including phenoxy) is 1. The monoisotopic (exact) mass is 400 g/mol. The molecule has 7 nitrogen and oxygen atoms in total. The molecule has 2 aromatic heterocycles. The van der Waals surface area contributed by atoms with E-state index in [4.69, 9.17) is 4.74 Å². The fourth-order valence-corrected chi connectivity index (χ4v) is 3.44. The van der Waals surface area contributed by atoms with Crippen LogP contribution in [0.5, 0.6) is 11.6 Å². The molecule has 30 heavy (non-hydrogen) atoms. The fourth-order valence-electron chi connectivity index (χ4n) is 3.44. The Morgan fingerprint density at radius 3 is 2.53 bits per heavy atom. The van der Waals surface area contributed by atoms with E-state index in [1.54, 1.807) is 53.6 Å². The van der Waals surface area contributed by atoms with Gasteiger partial charge < -0.3 is 9.64 Å². The number of benzene rings is 1. The number of nitrogens with zero attached hydrogens (tertiary/aromatic N) is 4. The summed E-state index contributed by atoms with van der Waals surface area (Å²) in [4.78, 5) is 32.1. The van der Waals surface area contributed by atoms with Gasteiger partial charge in [0.1, 0.15) is 28.6 Å². The number of likely N-dealkylation sites (tertiary alicyclic amines) is 1. The van der Waals surface area contributed by atoms with Gasteiger partial charge in [0.2, 0.25) is 5.88 Å². The predicted octanol–water partition coefficient (Wildman–Crippen LogP) is 3.41. The van der Waals surface area contributed by atoms with E-state index in [9.17, 15) is 14.9 Å². The first-order chi connectivity index (χ1) is 14.7. The second-order valence-electron chi connectivity index (χ2n) is 7.00. The number of piperidine rings is 1. The first-order valence-corrected chi connectivity index (χ1v) is 9.83. The molecular formula is C23H20N4O3. The van der Waals surface area contributed by atoms with Gasteiger partial charge in [0.25, 0.3) is 11.5 Å². The van der Waals surface area contributed by atoms with E-state index in [-0.39, 0.29) is 22.9 Å². The molecule has 0 bridgehead atoms. The highest BCUT2D eigenvalue weighted by molar-refractivity contribution is 6.02. The zero-order valence-corrected chi connectivity index (χ0v) is 16.3. The summed E-state index contributed by atoms with van der Waals surface area (Å²) in [7, 11) is 0. The molecule has 3 aromatic rings. The Morgan fingerprint density at radius 1 is 1.07 bits per heavy atom. The normalized spacial score (nSPS) is 14.4. The van der Waals surface area contributed by atoms with Crippen LogP contribution in [0.2, 0.25) is 0 Å². The molecule has 1 aliphatic rings. The summed E-state index contributed by atoms with van der Waals surface area (Å²) < 4.78 is 7.23. The molecule has 0 N–H and O–H groups in total. The number of hydrogen-bond acceptors (Lipinski definition) is 5. The van der Waals surface area contributed by atoms with Crippen LogP contribution in [0.4, 0.5) is 0 Å². The SMILES string of the molecule is N#C/C(=C\c1c(Oc2ccccc2)nc2ccccn2c1=O)C(=O)N1CCCCC1. The van der Waals surface area contributed by atoms with Gasteiger partial charge in [0.15, 0.2) is 0 Å². The molecule has 0 atom stereocenters. The number of para-hydroxylation sites is 1. The van der Waals surface area contributed by atoms with Crippen LogP contribution in [0.3, 0.4) is 0 Å². The van der Waals surface area contributed by atoms with Crippen molar-refractivity contribution in [1.29, 1.82) is 5.26 Å². The molecule has 0 aliphatic carbocycles. The number of pyridine rings is 1. The number of rotatable bonds is 4. The van der Waals surface area contributed by atoms with Crippen LogP contribution in [-0.2, 0) is 4.79 Å². The average Bonchev–Trinajstić information content (AvgIpc) is 2.80. The van der Waals surface area contributed by atoms with Gasteiger partial charge >= 0.3 is 0 Å². The lowest BCUT2D eigenvalue weighted by Crippen LogP contribution is -2.36. The summed E-state index contributed by atoms with van der Waals surface area (Å²) in [6.45, 7) is 1.22. The third-order valence-electron chi connectivity index (χ3n) is 4.97. The molecule has 1 fully saturated rings. The number of carbonyl (C=O) groups excluding carboxylic acids is 1. The van der Waals surface area contributed by atoms with Crippen molar-refractivity contribution in [2.45, 2.75) is 19.3 Å². The first-order valence-electron chi connectivity index (χ1n) is 9.83. The minimum atomic E-state index is -0.411. The maximum atomic E-state index is 13.2. The third-order valence-corrected chi connectivity index (χ3v) is 4.97. The van der Waals surface area contributed by atoms with Crippen LogP contribution in [0.15, 0.2) is 65.1 Å². The van der Waals surface area contributed by atoms with E-state index in [0.717, 1.165) is 19.3 Å². The standard InChI is InChI=1S/C23H20N4O3/c24-16-17(22(28)26-12-6-2-7-13-26)15-19-21(30-18-9-3-1-4-10-18)25-20-11-5-8-14-27(20)23(19)29/h1,3-5,8-11,14-15H,2,6-7,12-13H2/b17-15+. The Labute approximate surface area is 173 Å². The average molecular weight is 400 g/mol. The van der Waals surface area contributed by atoms with Crippen molar-refractivity contribution in [1.82, 2.24) is 14.3 Å². The Balaban J connectivity index is 1.83. The Hall–Kier alpha value is -3.92. The van der Waals surface area contributed by atoms with Crippen molar-refractivity contribution < 1.29 is 9.53 Å². The molecule has 7 heteroatoms. The Morgan fingerprint density at radius 2 is 1.80 bits per heavy atom. The minimum absolute atomic E-state index is 0.0524. The summed E-state index contributed by atoms with van der Waals surface area (Å²) in [6, 6.07) is 16.1. The summed E-state index contributed by atoms with van der Waals surface area (Å²) in [5.41, 5.74) is -0.0498. The lowest BCUT2D eigenvalue weighted by Gasteiger charge is -2.26. The molecular weight excluding hydrogens is 380 g/mol. The molecule has 1 amide bonds. The summed E-state index contributed by atoms with van der Waals surface area (Å²) in [5.74, 6) is 0.178. The van der Waals surface area contributed by atoms with Crippen LogP contribution in [0.25, 0.3) is 11.7 Å². The smallest absolute Gasteiger partial charge is 0.269 e. The topological polar surface area (TPSA) is 87.7 Å². The van der Waals surface area contributed by atoms with Crippen LogP contribution >= 0.6 is 0 Å². The molecule has 0 spiro atoms. The second-order valence-corrected chi connectivity index (χ2v) is 7.00. The van der Waals surface area contributed by atoms with Crippen molar-refractivity contribution in [2.75, 3.05) is 13.1 Å². The van der Waals surface area contributed by atoms with Crippen LogP contribution in [-0.4, -0.2) is 33.3 Å². The lowest BCUT2D eigenvalue weighted by molar-refractivity contribution is -0.127. The third kappa shape index (κ3) is 3.94. The number of hydrogen-bond donors (Lipinski definition) is 0. The van der Waals surface area contributed by atoms with Gasteiger partial charge in [-0.3, -0.25) is 14.0 Å². The fraction of sp³-hybridized carbons (Fsp3) is 0.217. The van der Waals surface area contributed by atoms with Crippen LogP contribution < -0.4 is 10.3 Å². The second kappa shape index (κ2) is 8.62. The van der Waals surface area contributed by atoms with Gasteiger partial charge in [0.05, 0.1) is 0 Å². The van der Waals surface area contributed by atoms with Gasteiger partial charge in [-0.25, -0.2) is 0 Å². The molecule has 1 saturated heterocycles. The Bertz CT molecular complexity index is 1200. The van der Waals surface area contributed by atoms with Crippen molar-refractivity contribution in [3.63, 3.8) is 0 Å². The molecule has 4 rings (SSSR count). The molecule has 1 aromatic carbocycles. The maximum Gasteiger partial charge on any atom is 0.269 e. The Kier molecular flexibility index (Phi) is 5.57. The summed E-state index contributed by atoms with van der Waals surface area (Å²) in [5, 5.41) is 9.64. The highest BCUT2D eigenvalue weighted by atomic mass is 16.5. The molecule has 0 saturated carbocycles. The minimum Gasteiger partial charge on any atom is -0.438 e. The zero-order chi connectivity index (χ0) is 20.9. The molecule has 150 valence electrons. The van der Waals surface area contributed by atoms with Crippen molar-refractivity contribution in [2.24, 2.45) is 0 Å². The number of aromatic nitrogens is 2. The van der Waals surface area contributed by atoms with E-state index in [2.05, 4.69) is 4.98 Å². The number of amides is 1. The van der Waals surface area contributed by atoms with Crippen molar-refractivity contribution in [3.05, 3.63) is 76.2 Å². The van der Waals surface area contributed by atoms with Gasteiger partial charge in [0, 0.05) is 19.3 Å². The van der Waals surface area contributed by atoms with E-state index >= 15 is 0 Å². The highest BCUT2D eigenvalue weighted by Crippen LogP contribution is 2.24. The van der Waals surface area contributed by atoms with Gasteiger partial charge in [-0.05, 0) is 49.6 Å². The van der Waals surface area contributed by atoms with E-state index < -0.39 is 5.56 Å². The van der Waals surface area contributed by atoms with E-state index in [1.807, 2.05) is 12.1 Å². The quantitative estimate of drug-likeness (QED) is 0.495. The number of carbonyl (C=O) groups is 1. The number of fused-ring (bicyclic) bond motifs is 1. The van der Waals surface area contributed by atoms with Gasteiger partial charge in [-0.1, -0.05) is 24.3 Å². The van der Waals surface area contributed by atoms with Crippen LogP contribution in [0.1, 0.15) is 24.8 Å². The largest absolute Gasteiger partial charge is 0.438 e. The predicted molar refractivity (Wildman–Crippen MR) is 112 cm³/mol. The molecule has 1 aliphatic heterocycles. The van der Waals surface area contributed by atoms with E-state index in [0.29, 0.717) is 24.5 Å². The van der Waals surface area contributed by atoms with Crippen molar-refractivity contribution in [3.8, 4) is 17.7 Å². The lowest BCUT2D eigenvalue weighted by atomic mass is 10.1. The van der Waals surface area contributed by atoms with Gasteiger partial charge in [-0.15, -0.1) is 0 Å². The molecule has 3 heterocycles. The van der Waals surface area contributed by atoms with E-state index in [1.165, 1.54) is 10.5 Å². The molecule has 0 radical (unpaired) electrons. The maximum absolute atomic E-state index is 13.2. The van der Waals surface area contributed by atoms with Gasteiger partial charge in [-0.2, -0.15) is 10.2 Å². The molecule has 0 unspecified atom stereocenters. The van der Waals surface area contributed by atoms with Crippen molar-refractivity contribution >= 4 is 17.6 Å². The summed E-state index contributed by atoms with van der Waals surface area (Å²) >= 11 is 0. The first kappa shape index (κ1) is 19.4. The summed E-state index contributed by atoms with van der Waals surface area (Å²) in [6.07, 6.45) is 5.77.